The highest BCUT2D eigenvalue weighted by atomic mass is 28.3. The van der Waals surface area contributed by atoms with Crippen LogP contribution in [0, 0.1) is 0 Å². The summed E-state index contributed by atoms with van der Waals surface area (Å²) in [7, 11) is -1.44. The lowest BCUT2D eigenvalue weighted by atomic mass is 10.1. The first-order valence-electron chi connectivity index (χ1n) is 6.24. The van der Waals surface area contributed by atoms with E-state index in [0.29, 0.717) is 0 Å². The van der Waals surface area contributed by atoms with Gasteiger partial charge in [0.1, 0.15) is 0 Å². The molecule has 0 saturated heterocycles. The van der Waals surface area contributed by atoms with Crippen LogP contribution < -0.4 is 0 Å². The Balaban J connectivity index is 2.43. The molecule has 0 atom stereocenters. The normalized spacial score (nSPS) is 10.8. The van der Waals surface area contributed by atoms with E-state index >= 15 is 0 Å². The third-order valence-electron chi connectivity index (χ3n) is 2.59. The second kappa shape index (κ2) is 8.23. The molecule has 0 radical (unpaired) electrons. The lowest BCUT2D eigenvalue weighted by Gasteiger charge is -2.14. The zero-order valence-electron chi connectivity index (χ0n) is 10.8. The molecule has 0 fully saturated rings. The van der Waals surface area contributed by atoms with Crippen molar-refractivity contribution in [3.63, 3.8) is 0 Å². The van der Waals surface area contributed by atoms with Gasteiger partial charge in [-0.15, -0.1) is 0 Å². The van der Waals surface area contributed by atoms with Crippen molar-refractivity contribution in [1.29, 1.82) is 0 Å². The molecule has 0 spiro atoms. The second-order valence-electron chi connectivity index (χ2n) is 3.82. The van der Waals surface area contributed by atoms with Crippen LogP contribution in [0.1, 0.15) is 25.0 Å². The quantitative estimate of drug-likeness (QED) is 0.660. The van der Waals surface area contributed by atoms with Crippen molar-refractivity contribution in [2.45, 2.75) is 26.3 Å². The van der Waals surface area contributed by atoms with E-state index in [1.807, 2.05) is 19.9 Å². The summed E-state index contributed by atoms with van der Waals surface area (Å²) in [5.74, 6) is 0. The van der Waals surface area contributed by atoms with E-state index in [4.69, 9.17) is 8.85 Å². The van der Waals surface area contributed by atoms with E-state index in [1.165, 1.54) is 5.56 Å². The Labute approximate surface area is 106 Å². The SMILES string of the molecule is C=Cc1ccc(CC[SiH](OCC)OCC)cc1. The largest absolute Gasteiger partial charge is 0.397 e. The molecule has 17 heavy (non-hydrogen) atoms. The summed E-state index contributed by atoms with van der Waals surface area (Å²) < 4.78 is 11.3. The molecular formula is C14H22O2Si. The Bertz CT molecular complexity index is 315. The average molecular weight is 250 g/mol. The molecule has 1 aromatic carbocycles. The van der Waals surface area contributed by atoms with Gasteiger partial charge in [-0.3, -0.25) is 0 Å². The molecule has 2 nitrogen and oxygen atoms in total. The van der Waals surface area contributed by atoms with E-state index in [2.05, 4.69) is 30.8 Å². The van der Waals surface area contributed by atoms with Crippen LogP contribution >= 0.6 is 0 Å². The van der Waals surface area contributed by atoms with E-state index in [0.717, 1.165) is 31.2 Å². The van der Waals surface area contributed by atoms with Crippen molar-refractivity contribution in [2.75, 3.05) is 13.2 Å². The minimum atomic E-state index is -1.44. The Hall–Kier alpha value is -0.903. The number of benzene rings is 1. The van der Waals surface area contributed by atoms with Crippen molar-refractivity contribution in [3.05, 3.63) is 42.0 Å². The van der Waals surface area contributed by atoms with Gasteiger partial charge in [0.2, 0.25) is 0 Å². The fourth-order valence-electron chi connectivity index (χ4n) is 1.69. The van der Waals surface area contributed by atoms with Gasteiger partial charge in [-0.25, -0.2) is 0 Å². The highest BCUT2D eigenvalue weighted by Crippen LogP contribution is 2.10. The van der Waals surface area contributed by atoms with Crippen LogP contribution in [0.3, 0.4) is 0 Å². The van der Waals surface area contributed by atoms with Gasteiger partial charge in [-0.2, -0.15) is 0 Å². The highest BCUT2D eigenvalue weighted by Gasteiger charge is 2.11. The molecule has 3 heteroatoms. The molecule has 0 saturated carbocycles. The zero-order chi connectivity index (χ0) is 12.5. The van der Waals surface area contributed by atoms with Gasteiger partial charge in [-0.05, 0) is 37.4 Å². The van der Waals surface area contributed by atoms with Crippen molar-refractivity contribution in [1.82, 2.24) is 0 Å². The number of rotatable bonds is 8. The molecular weight excluding hydrogens is 228 g/mol. The summed E-state index contributed by atoms with van der Waals surface area (Å²) in [5.41, 5.74) is 2.50. The number of hydrogen-bond donors (Lipinski definition) is 0. The van der Waals surface area contributed by atoms with E-state index < -0.39 is 9.28 Å². The molecule has 0 bridgehead atoms. The van der Waals surface area contributed by atoms with E-state index in [-0.39, 0.29) is 0 Å². The lowest BCUT2D eigenvalue weighted by Crippen LogP contribution is -2.23. The van der Waals surface area contributed by atoms with Gasteiger partial charge in [-0.1, -0.05) is 36.9 Å². The molecule has 0 aromatic heterocycles. The van der Waals surface area contributed by atoms with Gasteiger partial charge in [0.25, 0.3) is 0 Å². The first-order chi connectivity index (χ1) is 8.30. The van der Waals surface area contributed by atoms with Gasteiger partial charge < -0.3 is 8.85 Å². The Morgan fingerprint density at radius 3 is 2.18 bits per heavy atom. The molecule has 0 unspecified atom stereocenters. The monoisotopic (exact) mass is 250 g/mol. The van der Waals surface area contributed by atoms with Crippen molar-refractivity contribution in [3.8, 4) is 0 Å². The van der Waals surface area contributed by atoms with E-state index in [1.54, 1.807) is 0 Å². The van der Waals surface area contributed by atoms with Crippen LogP contribution in [0.15, 0.2) is 30.8 Å². The molecule has 1 rings (SSSR count). The molecule has 1 aromatic rings. The first-order valence-corrected chi connectivity index (χ1v) is 8.00. The second-order valence-corrected chi connectivity index (χ2v) is 5.93. The number of aryl methyl sites for hydroxylation is 1. The molecule has 0 N–H and O–H groups in total. The van der Waals surface area contributed by atoms with Crippen molar-refractivity contribution >= 4 is 15.4 Å². The Kier molecular flexibility index (Phi) is 6.85. The topological polar surface area (TPSA) is 18.5 Å². The van der Waals surface area contributed by atoms with Crippen molar-refractivity contribution in [2.24, 2.45) is 0 Å². The summed E-state index contributed by atoms with van der Waals surface area (Å²) in [6.07, 6.45) is 2.90. The predicted octanol–water partition coefficient (Wildman–Crippen LogP) is 3.17. The summed E-state index contributed by atoms with van der Waals surface area (Å²) >= 11 is 0. The van der Waals surface area contributed by atoms with Crippen molar-refractivity contribution < 1.29 is 8.85 Å². The maximum atomic E-state index is 5.65. The summed E-state index contributed by atoms with van der Waals surface area (Å²) in [5, 5.41) is 0. The van der Waals surface area contributed by atoms with Gasteiger partial charge in [0, 0.05) is 13.2 Å². The summed E-state index contributed by atoms with van der Waals surface area (Å²) in [6.45, 7) is 9.31. The van der Waals surface area contributed by atoms with Crippen LogP contribution in [0.5, 0.6) is 0 Å². The molecule has 0 aliphatic heterocycles. The van der Waals surface area contributed by atoms with Gasteiger partial charge in [0.05, 0.1) is 0 Å². The van der Waals surface area contributed by atoms with Crippen LogP contribution in [-0.4, -0.2) is 22.5 Å². The Morgan fingerprint density at radius 2 is 1.71 bits per heavy atom. The van der Waals surface area contributed by atoms with Crippen LogP contribution in [0.4, 0.5) is 0 Å². The summed E-state index contributed by atoms with van der Waals surface area (Å²) in [6, 6.07) is 9.54. The smallest absolute Gasteiger partial charge is 0.321 e. The summed E-state index contributed by atoms with van der Waals surface area (Å²) in [4.78, 5) is 0. The molecule has 0 amide bonds. The van der Waals surface area contributed by atoms with Crippen LogP contribution in [0.25, 0.3) is 6.08 Å². The minimum Gasteiger partial charge on any atom is -0.397 e. The third-order valence-corrected chi connectivity index (χ3v) is 4.76. The molecule has 0 aliphatic rings. The zero-order valence-corrected chi connectivity index (χ0v) is 12.0. The maximum Gasteiger partial charge on any atom is 0.321 e. The Morgan fingerprint density at radius 1 is 1.12 bits per heavy atom. The van der Waals surface area contributed by atoms with Gasteiger partial charge >= 0.3 is 9.28 Å². The number of hydrogen-bond acceptors (Lipinski definition) is 2. The molecule has 94 valence electrons. The predicted molar refractivity (Wildman–Crippen MR) is 75.4 cm³/mol. The average Bonchev–Trinajstić information content (AvgIpc) is 2.37. The molecule has 0 heterocycles. The maximum absolute atomic E-state index is 5.65. The molecule has 0 aliphatic carbocycles. The fraction of sp³-hybridized carbons (Fsp3) is 0.429. The minimum absolute atomic E-state index is 0.756. The van der Waals surface area contributed by atoms with Gasteiger partial charge in [0.15, 0.2) is 0 Å². The third kappa shape index (κ3) is 5.30. The standard InChI is InChI=1S/C14H22O2Si/c1-4-13-7-9-14(10-8-13)11-12-17(15-5-2)16-6-3/h4,7-10,17H,1,5-6,11-12H2,2-3H3. The van der Waals surface area contributed by atoms with Crippen LogP contribution in [-0.2, 0) is 15.3 Å². The van der Waals surface area contributed by atoms with E-state index in [9.17, 15) is 0 Å². The first kappa shape index (κ1) is 14.2. The highest BCUT2D eigenvalue weighted by molar-refractivity contribution is 6.44. The fourth-order valence-corrected chi connectivity index (χ4v) is 3.43. The lowest BCUT2D eigenvalue weighted by molar-refractivity contribution is 0.213. The van der Waals surface area contributed by atoms with Crippen LogP contribution in [0.2, 0.25) is 6.04 Å².